The van der Waals surface area contributed by atoms with Gasteiger partial charge in [0.05, 0.1) is 17.6 Å². The summed E-state index contributed by atoms with van der Waals surface area (Å²) in [4.78, 5) is 0.257. The van der Waals surface area contributed by atoms with Gasteiger partial charge in [0.15, 0.2) is 9.84 Å². The summed E-state index contributed by atoms with van der Waals surface area (Å²) in [5.74, 6) is 0.551. The fourth-order valence-electron chi connectivity index (χ4n) is 1.80. The van der Waals surface area contributed by atoms with Gasteiger partial charge in [0.25, 0.3) is 0 Å². The Kier molecular flexibility index (Phi) is 6.19. The third-order valence-electron chi connectivity index (χ3n) is 3.37. The van der Waals surface area contributed by atoms with Crippen molar-refractivity contribution < 1.29 is 13.2 Å². The second kappa shape index (κ2) is 7.43. The molecule has 5 nitrogen and oxygen atoms in total. The fraction of sp³-hybridized carbons (Fsp3) is 0.533. The van der Waals surface area contributed by atoms with Gasteiger partial charge in [0.2, 0.25) is 0 Å². The van der Waals surface area contributed by atoms with Gasteiger partial charge in [-0.15, -0.1) is 0 Å². The van der Waals surface area contributed by atoms with E-state index in [0.717, 1.165) is 19.3 Å². The van der Waals surface area contributed by atoms with Crippen molar-refractivity contribution in [3.05, 3.63) is 24.3 Å². The van der Waals surface area contributed by atoms with Crippen molar-refractivity contribution in [2.45, 2.75) is 36.6 Å². The molecule has 0 aliphatic rings. The van der Waals surface area contributed by atoms with E-state index in [0.29, 0.717) is 12.4 Å². The summed E-state index contributed by atoms with van der Waals surface area (Å²) in [5.41, 5.74) is -0.504. The summed E-state index contributed by atoms with van der Waals surface area (Å²) in [6.07, 6.45) is 3.58. The normalized spacial score (nSPS) is 14.2. The van der Waals surface area contributed by atoms with Gasteiger partial charge in [0, 0.05) is 6.26 Å². The van der Waals surface area contributed by atoms with Crippen LogP contribution in [0, 0.1) is 11.3 Å². The van der Waals surface area contributed by atoms with E-state index in [2.05, 4.69) is 11.4 Å². The lowest BCUT2D eigenvalue weighted by molar-refractivity contribution is 0.296. The largest absolute Gasteiger partial charge is 0.494 e. The molecule has 0 radical (unpaired) electrons. The van der Waals surface area contributed by atoms with Gasteiger partial charge >= 0.3 is 0 Å². The molecule has 1 unspecified atom stereocenters. The van der Waals surface area contributed by atoms with E-state index in [-0.39, 0.29) is 4.90 Å². The number of benzene rings is 1. The Morgan fingerprint density at radius 2 is 2.10 bits per heavy atom. The number of nitrogens with one attached hydrogen (secondary N) is 1. The van der Waals surface area contributed by atoms with Crippen LogP contribution < -0.4 is 10.1 Å². The molecule has 0 aliphatic carbocycles. The molecule has 0 fully saturated rings. The molecule has 0 aliphatic heterocycles. The third kappa shape index (κ3) is 5.74. The SMILES string of the molecule is CNC(C)(C#N)CCCCOc1cccc(S(C)(=O)=O)c1. The van der Waals surface area contributed by atoms with Crippen molar-refractivity contribution in [1.29, 1.82) is 5.26 Å². The number of unbranched alkanes of at least 4 members (excludes halogenated alkanes) is 1. The second-order valence-electron chi connectivity index (χ2n) is 5.25. The predicted molar refractivity (Wildman–Crippen MR) is 82.0 cm³/mol. The summed E-state index contributed by atoms with van der Waals surface area (Å²) in [7, 11) is -1.44. The summed E-state index contributed by atoms with van der Waals surface area (Å²) in [6, 6.07) is 8.73. The monoisotopic (exact) mass is 310 g/mol. The van der Waals surface area contributed by atoms with Gasteiger partial charge < -0.3 is 10.1 Å². The average molecular weight is 310 g/mol. The Hall–Kier alpha value is -1.58. The number of rotatable bonds is 8. The highest BCUT2D eigenvalue weighted by molar-refractivity contribution is 7.90. The molecule has 6 heteroatoms. The van der Waals surface area contributed by atoms with Gasteiger partial charge in [-0.25, -0.2) is 8.42 Å². The molecule has 1 rings (SSSR count). The predicted octanol–water partition coefficient (Wildman–Crippen LogP) is 2.14. The number of hydrogen-bond acceptors (Lipinski definition) is 5. The summed E-state index contributed by atoms with van der Waals surface area (Å²) < 4.78 is 28.4. The van der Waals surface area contributed by atoms with Crippen molar-refractivity contribution in [3.8, 4) is 11.8 Å². The van der Waals surface area contributed by atoms with Crippen LogP contribution in [0.4, 0.5) is 0 Å². The van der Waals surface area contributed by atoms with E-state index in [1.807, 2.05) is 6.92 Å². The highest BCUT2D eigenvalue weighted by Gasteiger charge is 2.19. The van der Waals surface area contributed by atoms with Crippen molar-refractivity contribution in [2.75, 3.05) is 19.9 Å². The zero-order valence-corrected chi connectivity index (χ0v) is 13.5. The van der Waals surface area contributed by atoms with Crippen LogP contribution in [0.2, 0.25) is 0 Å². The number of ether oxygens (including phenoxy) is 1. The minimum Gasteiger partial charge on any atom is -0.494 e. The Morgan fingerprint density at radius 3 is 2.67 bits per heavy atom. The first-order valence-electron chi connectivity index (χ1n) is 6.84. The van der Waals surface area contributed by atoms with Crippen LogP contribution in [-0.2, 0) is 9.84 Å². The van der Waals surface area contributed by atoms with Crippen LogP contribution >= 0.6 is 0 Å². The Bertz CT molecular complexity index is 608. The maximum absolute atomic E-state index is 11.4. The van der Waals surface area contributed by atoms with Crippen LogP contribution in [-0.4, -0.2) is 33.9 Å². The van der Waals surface area contributed by atoms with E-state index in [9.17, 15) is 8.42 Å². The number of sulfone groups is 1. The molecular formula is C15H22N2O3S. The maximum Gasteiger partial charge on any atom is 0.175 e. The zero-order valence-electron chi connectivity index (χ0n) is 12.7. The van der Waals surface area contributed by atoms with Gasteiger partial charge in [-0.05, 0) is 51.4 Å². The first-order valence-corrected chi connectivity index (χ1v) is 8.73. The Labute approximate surface area is 126 Å². The van der Waals surface area contributed by atoms with Gasteiger partial charge in [-0.2, -0.15) is 5.26 Å². The van der Waals surface area contributed by atoms with Crippen LogP contribution in [0.25, 0.3) is 0 Å². The summed E-state index contributed by atoms with van der Waals surface area (Å²) >= 11 is 0. The first kappa shape index (κ1) is 17.5. The van der Waals surface area contributed by atoms with Crippen molar-refractivity contribution >= 4 is 9.84 Å². The third-order valence-corrected chi connectivity index (χ3v) is 4.48. The molecule has 0 spiro atoms. The van der Waals surface area contributed by atoms with E-state index >= 15 is 0 Å². The van der Waals surface area contributed by atoms with E-state index < -0.39 is 15.4 Å². The second-order valence-corrected chi connectivity index (χ2v) is 7.26. The molecule has 0 amide bonds. The molecule has 0 heterocycles. The lowest BCUT2D eigenvalue weighted by atomic mass is 9.97. The lowest BCUT2D eigenvalue weighted by Gasteiger charge is -2.20. The van der Waals surface area contributed by atoms with E-state index in [1.165, 1.54) is 12.3 Å². The Balaban J connectivity index is 2.42. The molecule has 0 saturated carbocycles. The van der Waals surface area contributed by atoms with Crippen LogP contribution in [0.3, 0.4) is 0 Å². The molecule has 21 heavy (non-hydrogen) atoms. The minimum absolute atomic E-state index is 0.257. The molecule has 0 saturated heterocycles. The van der Waals surface area contributed by atoms with Crippen LogP contribution in [0.5, 0.6) is 5.75 Å². The minimum atomic E-state index is -3.21. The van der Waals surface area contributed by atoms with E-state index in [4.69, 9.17) is 10.00 Å². The van der Waals surface area contributed by atoms with Crippen LogP contribution in [0.15, 0.2) is 29.2 Å². The smallest absolute Gasteiger partial charge is 0.175 e. The lowest BCUT2D eigenvalue weighted by Crippen LogP contribution is -2.37. The standard InChI is InChI=1S/C15H22N2O3S/c1-15(12-16,17-2)9-4-5-10-20-13-7-6-8-14(11-13)21(3,18)19/h6-8,11,17H,4-5,9-10H2,1-3H3. The molecule has 1 aromatic rings. The maximum atomic E-state index is 11.4. The zero-order chi connectivity index (χ0) is 15.9. The molecule has 116 valence electrons. The van der Waals surface area contributed by atoms with Crippen molar-refractivity contribution in [2.24, 2.45) is 0 Å². The first-order chi connectivity index (χ1) is 9.80. The van der Waals surface area contributed by atoms with E-state index in [1.54, 1.807) is 25.2 Å². The van der Waals surface area contributed by atoms with Gasteiger partial charge in [-0.1, -0.05) is 6.07 Å². The van der Waals surface area contributed by atoms with Crippen molar-refractivity contribution in [1.82, 2.24) is 5.32 Å². The highest BCUT2D eigenvalue weighted by Crippen LogP contribution is 2.18. The molecule has 1 N–H and O–H groups in total. The number of nitrogens with zero attached hydrogens (tertiary/aromatic N) is 1. The Morgan fingerprint density at radius 1 is 1.38 bits per heavy atom. The van der Waals surface area contributed by atoms with Crippen molar-refractivity contribution in [3.63, 3.8) is 0 Å². The van der Waals surface area contributed by atoms with Gasteiger partial charge in [-0.3, -0.25) is 0 Å². The van der Waals surface area contributed by atoms with Crippen LogP contribution in [0.1, 0.15) is 26.2 Å². The molecule has 1 aromatic carbocycles. The molecular weight excluding hydrogens is 288 g/mol. The molecule has 0 aromatic heterocycles. The number of hydrogen-bond donors (Lipinski definition) is 1. The van der Waals surface area contributed by atoms with Gasteiger partial charge in [0.1, 0.15) is 11.3 Å². The highest BCUT2D eigenvalue weighted by atomic mass is 32.2. The fourth-order valence-corrected chi connectivity index (χ4v) is 2.46. The summed E-state index contributed by atoms with van der Waals surface area (Å²) in [5, 5.41) is 12.0. The molecule has 0 bridgehead atoms. The summed E-state index contributed by atoms with van der Waals surface area (Å²) in [6.45, 7) is 2.36. The topological polar surface area (TPSA) is 79.2 Å². The molecule has 1 atom stereocenters. The quantitative estimate of drug-likeness (QED) is 0.744. The number of nitriles is 1. The average Bonchev–Trinajstić information content (AvgIpc) is 2.46.